The smallest absolute Gasteiger partial charge is 0.295 e. The molecule has 1 aliphatic rings. The van der Waals surface area contributed by atoms with E-state index in [0.717, 1.165) is 5.56 Å². The number of amides is 1. The number of aromatic nitrogens is 1. The Morgan fingerprint density at radius 2 is 1.89 bits per heavy atom. The highest BCUT2D eigenvalue weighted by atomic mass is 16.3. The number of pyridine rings is 1. The molecule has 6 nitrogen and oxygen atoms in total. The first kappa shape index (κ1) is 18.8. The van der Waals surface area contributed by atoms with Gasteiger partial charge >= 0.3 is 0 Å². The number of carbonyl (C=O) groups is 2. The molecule has 0 bridgehead atoms. The van der Waals surface area contributed by atoms with E-state index in [1.807, 2.05) is 44.1 Å². The summed E-state index contributed by atoms with van der Waals surface area (Å²) in [5, 5.41) is 10.9. The molecule has 6 heteroatoms. The number of benzene rings is 1. The fraction of sp³-hybridized carbons (Fsp3) is 0.286. The number of aliphatic hydroxyl groups is 1. The van der Waals surface area contributed by atoms with Gasteiger partial charge in [0.15, 0.2) is 0 Å². The average Bonchev–Trinajstić information content (AvgIpc) is 2.91. The molecular weight excluding hydrogens is 342 g/mol. The third kappa shape index (κ3) is 3.75. The van der Waals surface area contributed by atoms with E-state index in [0.29, 0.717) is 24.2 Å². The molecular formula is C21H23N3O3. The third-order valence-corrected chi connectivity index (χ3v) is 4.65. The molecule has 0 aliphatic carbocycles. The van der Waals surface area contributed by atoms with Crippen molar-refractivity contribution >= 4 is 17.4 Å². The Balaban J connectivity index is 2.12. The summed E-state index contributed by atoms with van der Waals surface area (Å²) in [6, 6.07) is 10.1. The second kappa shape index (κ2) is 7.72. The van der Waals surface area contributed by atoms with Gasteiger partial charge in [0.1, 0.15) is 5.76 Å². The first-order chi connectivity index (χ1) is 12.9. The summed E-state index contributed by atoms with van der Waals surface area (Å²) < 4.78 is 0. The monoisotopic (exact) mass is 365 g/mol. The van der Waals surface area contributed by atoms with Crippen LogP contribution >= 0.6 is 0 Å². The van der Waals surface area contributed by atoms with E-state index in [9.17, 15) is 14.7 Å². The molecule has 0 saturated carbocycles. The SMILES string of the molecule is Cc1ccc(/C(O)=C2/C(=O)C(=O)N(CCN(C)C)C2c2cccnc2)cc1. The van der Waals surface area contributed by atoms with E-state index in [1.165, 1.54) is 4.90 Å². The second-order valence-electron chi connectivity index (χ2n) is 6.95. The molecule has 2 heterocycles. The summed E-state index contributed by atoms with van der Waals surface area (Å²) in [4.78, 5) is 33.1. The van der Waals surface area contributed by atoms with E-state index >= 15 is 0 Å². The number of rotatable bonds is 5. The minimum atomic E-state index is -0.666. The number of ketones is 1. The lowest BCUT2D eigenvalue weighted by molar-refractivity contribution is -0.140. The minimum absolute atomic E-state index is 0.107. The van der Waals surface area contributed by atoms with E-state index in [1.54, 1.807) is 30.6 Å². The second-order valence-corrected chi connectivity index (χ2v) is 6.95. The van der Waals surface area contributed by atoms with Crippen LogP contribution in [0.5, 0.6) is 0 Å². The number of hydrogen-bond donors (Lipinski definition) is 1. The van der Waals surface area contributed by atoms with Gasteiger partial charge in [-0.05, 0) is 32.6 Å². The van der Waals surface area contributed by atoms with Crippen molar-refractivity contribution in [3.63, 3.8) is 0 Å². The maximum absolute atomic E-state index is 12.8. The predicted molar refractivity (Wildman–Crippen MR) is 103 cm³/mol. The topological polar surface area (TPSA) is 73.7 Å². The van der Waals surface area contributed by atoms with Crippen LogP contribution in [0.3, 0.4) is 0 Å². The Morgan fingerprint density at radius 3 is 2.48 bits per heavy atom. The highest BCUT2D eigenvalue weighted by Gasteiger charge is 2.45. The van der Waals surface area contributed by atoms with Crippen molar-refractivity contribution in [3.8, 4) is 0 Å². The highest BCUT2D eigenvalue weighted by molar-refractivity contribution is 6.46. The summed E-state index contributed by atoms with van der Waals surface area (Å²) >= 11 is 0. The van der Waals surface area contributed by atoms with Crippen molar-refractivity contribution in [1.29, 1.82) is 0 Å². The molecule has 2 aromatic rings. The number of aryl methyl sites for hydroxylation is 1. The van der Waals surface area contributed by atoms with Gasteiger partial charge in [0.05, 0.1) is 11.6 Å². The van der Waals surface area contributed by atoms with Gasteiger partial charge in [0.2, 0.25) is 0 Å². The third-order valence-electron chi connectivity index (χ3n) is 4.65. The number of Topliss-reactive ketones (excluding diaryl/α,β-unsaturated/α-hetero) is 1. The van der Waals surface area contributed by atoms with E-state index < -0.39 is 17.7 Å². The van der Waals surface area contributed by atoms with Crippen LogP contribution in [0.25, 0.3) is 5.76 Å². The first-order valence-corrected chi connectivity index (χ1v) is 8.80. The molecule has 1 aromatic carbocycles. The molecule has 1 fully saturated rings. The zero-order valence-electron chi connectivity index (χ0n) is 15.7. The largest absolute Gasteiger partial charge is 0.507 e. The standard InChI is InChI=1S/C21H23N3O3/c1-14-6-8-15(9-7-14)19(25)17-18(16-5-4-10-22-13-16)24(12-11-23(2)3)21(27)20(17)26/h4-10,13,18,25H,11-12H2,1-3H3/b19-17-. The highest BCUT2D eigenvalue weighted by Crippen LogP contribution is 2.38. The fourth-order valence-electron chi connectivity index (χ4n) is 3.17. The van der Waals surface area contributed by atoms with Gasteiger partial charge in [0.25, 0.3) is 11.7 Å². The Bertz CT molecular complexity index is 873. The normalized spacial score (nSPS) is 19.1. The number of aliphatic hydroxyl groups excluding tert-OH is 1. The van der Waals surface area contributed by atoms with Gasteiger partial charge in [-0.2, -0.15) is 0 Å². The molecule has 1 aliphatic heterocycles. The number of likely N-dealkylation sites (N-methyl/N-ethyl adjacent to an activating group) is 1. The minimum Gasteiger partial charge on any atom is -0.507 e. The zero-order chi connectivity index (χ0) is 19.6. The lowest BCUT2D eigenvalue weighted by Gasteiger charge is -2.26. The number of nitrogens with zero attached hydrogens (tertiary/aromatic N) is 3. The van der Waals surface area contributed by atoms with Crippen molar-refractivity contribution in [2.24, 2.45) is 0 Å². The van der Waals surface area contributed by atoms with Gasteiger partial charge in [0, 0.05) is 31.0 Å². The van der Waals surface area contributed by atoms with E-state index in [4.69, 9.17) is 0 Å². The van der Waals surface area contributed by atoms with Crippen molar-refractivity contribution in [3.05, 3.63) is 71.1 Å². The quantitative estimate of drug-likeness (QED) is 0.500. The van der Waals surface area contributed by atoms with Crippen molar-refractivity contribution in [1.82, 2.24) is 14.8 Å². The number of likely N-dealkylation sites (tertiary alicyclic amines) is 1. The van der Waals surface area contributed by atoms with Crippen LogP contribution in [-0.2, 0) is 9.59 Å². The molecule has 0 spiro atoms. The molecule has 27 heavy (non-hydrogen) atoms. The van der Waals surface area contributed by atoms with Crippen molar-refractivity contribution in [2.75, 3.05) is 27.2 Å². The van der Waals surface area contributed by atoms with Crippen molar-refractivity contribution < 1.29 is 14.7 Å². The van der Waals surface area contributed by atoms with Crippen LogP contribution in [0, 0.1) is 6.92 Å². The van der Waals surface area contributed by atoms with E-state index in [-0.39, 0.29) is 11.3 Å². The van der Waals surface area contributed by atoms with E-state index in [2.05, 4.69) is 4.98 Å². The molecule has 1 atom stereocenters. The Hall–Kier alpha value is -2.99. The maximum Gasteiger partial charge on any atom is 0.295 e. The lowest BCUT2D eigenvalue weighted by Crippen LogP contribution is -2.35. The average molecular weight is 365 g/mol. The Kier molecular flexibility index (Phi) is 5.37. The molecule has 1 N–H and O–H groups in total. The molecule has 1 amide bonds. The van der Waals surface area contributed by atoms with Gasteiger partial charge in [-0.3, -0.25) is 14.6 Å². The van der Waals surface area contributed by atoms with Crippen molar-refractivity contribution in [2.45, 2.75) is 13.0 Å². The van der Waals surface area contributed by atoms with Gasteiger partial charge in [-0.25, -0.2) is 0 Å². The Labute approximate surface area is 158 Å². The number of carbonyl (C=O) groups excluding carboxylic acids is 2. The summed E-state index contributed by atoms with van der Waals surface area (Å²) in [5.74, 6) is -1.42. The molecule has 140 valence electrons. The number of hydrogen-bond acceptors (Lipinski definition) is 5. The van der Waals surface area contributed by atoms with Crippen LogP contribution < -0.4 is 0 Å². The molecule has 3 rings (SSSR count). The lowest BCUT2D eigenvalue weighted by atomic mass is 9.96. The van der Waals surface area contributed by atoms with Gasteiger partial charge in [-0.15, -0.1) is 0 Å². The van der Waals surface area contributed by atoms with Gasteiger partial charge < -0.3 is 14.9 Å². The van der Waals surface area contributed by atoms with Crippen LogP contribution in [0.15, 0.2) is 54.4 Å². The maximum atomic E-state index is 12.8. The fourth-order valence-corrected chi connectivity index (χ4v) is 3.17. The molecule has 1 aromatic heterocycles. The summed E-state index contributed by atoms with van der Waals surface area (Å²) in [6.07, 6.45) is 3.26. The molecule has 1 unspecified atom stereocenters. The molecule has 1 saturated heterocycles. The summed E-state index contributed by atoms with van der Waals surface area (Å²) in [5.41, 5.74) is 2.36. The van der Waals surface area contributed by atoms with Crippen LogP contribution in [0.2, 0.25) is 0 Å². The Morgan fingerprint density at radius 1 is 1.19 bits per heavy atom. The van der Waals surface area contributed by atoms with Crippen LogP contribution in [0.1, 0.15) is 22.7 Å². The first-order valence-electron chi connectivity index (χ1n) is 8.80. The van der Waals surface area contributed by atoms with Gasteiger partial charge in [-0.1, -0.05) is 35.9 Å². The van der Waals surface area contributed by atoms with Crippen LogP contribution in [-0.4, -0.2) is 58.8 Å². The zero-order valence-corrected chi connectivity index (χ0v) is 15.7. The molecule has 0 radical (unpaired) electrons. The summed E-state index contributed by atoms with van der Waals surface area (Å²) in [6.45, 7) is 2.93. The predicted octanol–water partition coefficient (Wildman–Crippen LogP) is 2.37. The summed E-state index contributed by atoms with van der Waals surface area (Å²) in [7, 11) is 3.81. The van der Waals surface area contributed by atoms with Crippen LogP contribution in [0.4, 0.5) is 0 Å².